The number of nitrogens with one attached hydrogen (secondary N) is 2. The van der Waals surface area contributed by atoms with Gasteiger partial charge in [-0.3, -0.25) is 14.4 Å². The molecule has 4 aromatic rings. The van der Waals surface area contributed by atoms with E-state index in [1.165, 1.54) is 0 Å². The molecule has 1 saturated heterocycles. The number of unbranched alkanes of at least 4 members (excludes halogenated alkanes) is 2. The molecule has 5 rings (SSSR count). The number of carbonyl (C=O) groups is 5. The van der Waals surface area contributed by atoms with Crippen LogP contribution in [0.2, 0.25) is 0 Å². The Morgan fingerprint density at radius 1 is 0.655 bits per heavy atom. The van der Waals surface area contributed by atoms with Crippen molar-refractivity contribution >= 4 is 30.0 Å². The first-order chi connectivity index (χ1) is 26.8. The molecule has 4 aromatic carbocycles. The summed E-state index contributed by atoms with van der Waals surface area (Å²) in [7, 11) is 1.76. The van der Waals surface area contributed by atoms with Crippen LogP contribution in [0.25, 0.3) is 0 Å². The molecule has 0 radical (unpaired) electrons. The van der Waals surface area contributed by atoms with Crippen LogP contribution in [0.15, 0.2) is 121 Å². The SMILES string of the molecule is CNC(CCCCCC(=O)OCc1ccccc1)C(=O)OCc1ccccc1.O=C(CCC1NC(=O)OC1=O)OCc1ccccc1.OCc1ccccc1. The van der Waals surface area contributed by atoms with E-state index in [0.717, 1.165) is 41.5 Å². The summed E-state index contributed by atoms with van der Waals surface area (Å²) in [6.07, 6.45) is 3.00. The highest BCUT2D eigenvalue weighted by Crippen LogP contribution is 2.11. The number of aliphatic hydroxyl groups excluding tert-OH is 1. The molecule has 55 heavy (non-hydrogen) atoms. The fraction of sp³-hybridized carbons (Fsp3) is 0.326. The Kier molecular flexibility index (Phi) is 20.6. The third-order valence-electron chi connectivity index (χ3n) is 8.15. The van der Waals surface area contributed by atoms with Crippen LogP contribution in [0.3, 0.4) is 0 Å². The van der Waals surface area contributed by atoms with Crippen LogP contribution in [0, 0.1) is 0 Å². The molecule has 1 aliphatic rings. The highest BCUT2D eigenvalue weighted by Gasteiger charge is 2.32. The fourth-order valence-corrected chi connectivity index (χ4v) is 5.05. The molecule has 1 fully saturated rings. The first kappa shape index (κ1) is 43.6. The molecular weight excluding hydrogens is 704 g/mol. The van der Waals surface area contributed by atoms with Gasteiger partial charge in [0.05, 0.1) is 6.61 Å². The Morgan fingerprint density at radius 3 is 1.53 bits per heavy atom. The van der Waals surface area contributed by atoms with Crippen LogP contribution in [-0.4, -0.2) is 54.2 Å². The summed E-state index contributed by atoms with van der Waals surface area (Å²) in [6, 6.07) is 37.0. The van der Waals surface area contributed by atoms with Gasteiger partial charge in [0.1, 0.15) is 31.9 Å². The van der Waals surface area contributed by atoms with Crippen molar-refractivity contribution in [3.8, 4) is 0 Å². The second kappa shape index (κ2) is 26.0. The van der Waals surface area contributed by atoms with Crippen molar-refractivity contribution in [3.63, 3.8) is 0 Å². The lowest BCUT2D eigenvalue weighted by Gasteiger charge is -2.15. The number of aliphatic hydroxyl groups is 1. The number of esters is 4. The zero-order chi connectivity index (χ0) is 39.5. The number of ether oxygens (including phenoxy) is 4. The number of rotatable bonds is 18. The van der Waals surface area contributed by atoms with Crippen molar-refractivity contribution in [1.82, 2.24) is 10.6 Å². The minimum Gasteiger partial charge on any atom is -0.461 e. The van der Waals surface area contributed by atoms with Gasteiger partial charge in [0.25, 0.3) is 0 Å². The molecular formula is C43H50N2O10. The van der Waals surface area contributed by atoms with Gasteiger partial charge in [0, 0.05) is 12.8 Å². The first-order valence-electron chi connectivity index (χ1n) is 18.2. The standard InChI is InChI=1S/C23H29NO4.C13H13NO5.C7H8O/c1-24-21(23(26)28-18-20-13-7-3-8-14-20)15-9-4-10-16-22(25)27-17-19-11-5-2-6-12-19;15-11(18-8-9-4-2-1-3-5-9)7-6-10-12(16)19-13(17)14-10;8-6-7-4-2-1-3-5-7/h2-3,5-8,11-14,21,24H,4,9-10,15-18H2,1H3;1-5,10H,6-8H2,(H,14,17);1-5,8H,6H2. The summed E-state index contributed by atoms with van der Waals surface area (Å²) in [5.41, 5.74) is 3.82. The molecule has 3 N–H and O–H groups in total. The zero-order valence-electron chi connectivity index (χ0n) is 31.1. The second-order valence-electron chi connectivity index (χ2n) is 12.4. The summed E-state index contributed by atoms with van der Waals surface area (Å²) in [5, 5.41) is 13.9. The molecule has 292 valence electrons. The average Bonchev–Trinajstić information content (AvgIpc) is 3.56. The maximum absolute atomic E-state index is 12.2. The van der Waals surface area contributed by atoms with Crippen LogP contribution in [0.5, 0.6) is 0 Å². The first-order valence-corrected chi connectivity index (χ1v) is 18.2. The van der Waals surface area contributed by atoms with Crippen molar-refractivity contribution in [2.45, 2.75) is 83.5 Å². The van der Waals surface area contributed by atoms with Gasteiger partial charge in [-0.1, -0.05) is 134 Å². The van der Waals surface area contributed by atoms with E-state index in [9.17, 15) is 24.0 Å². The molecule has 12 heteroatoms. The van der Waals surface area contributed by atoms with E-state index in [1.807, 2.05) is 121 Å². The van der Waals surface area contributed by atoms with Crippen molar-refractivity contribution in [1.29, 1.82) is 0 Å². The van der Waals surface area contributed by atoms with Crippen molar-refractivity contribution in [3.05, 3.63) is 144 Å². The number of likely N-dealkylation sites (N-methyl/N-ethyl adjacent to an activating group) is 1. The molecule has 12 nitrogen and oxygen atoms in total. The number of cyclic esters (lactones) is 2. The third-order valence-corrected chi connectivity index (χ3v) is 8.15. The second-order valence-corrected chi connectivity index (χ2v) is 12.4. The predicted octanol–water partition coefficient (Wildman–Crippen LogP) is 6.34. The molecule has 2 atom stereocenters. The zero-order valence-corrected chi connectivity index (χ0v) is 31.1. The van der Waals surface area contributed by atoms with E-state index in [1.54, 1.807) is 7.05 Å². The van der Waals surface area contributed by atoms with Crippen LogP contribution in [-0.2, 0) is 64.6 Å². The number of amides is 1. The van der Waals surface area contributed by atoms with Gasteiger partial charge in [0.15, 0.2) is 0 Å². The summed E-state index contributed by atoms with van der Waals surface area (Å²) in [4.78, 5) is 57.3. The average molecular weight is 755 g/mol. The summed E-state index contributed by atoms with van der Waals surface area (Å²) in [5.74, 6) is -1.50. The smallest absolute Gasteiger partial charge is 0.415 e. The molecule has 2 unspecified atom stereocenters. The Bertz CT molecular complexity index is 1710. The van der Waals surface area contributed by atoms with Gasteiger partial charge in [-0.05, 0) is 48.6 Å². The van der Waals surface area contributed by atoms with Gasteiger partial charge in [0.2, 0.25) is 0 Å². The minimum atomic E-state index is -0.771. The fourth-order valence-electron chi connectivity index (χ4n) is 5.05. The highest BCUT2D eigenvalue weighted by atomic mass is 16.6. The maximum Gasteiger partial charge on any atom is 0.415 e. The van der Waals surface area contributed by atoms with E-state index in [0.29, 0.717) is 19.4 Å². The van der Waals surface area contributed by atoms with Gasteiger partial charge < -0.3 is 34.7 Å². The molecule has 1 amide bonds. The van der Waals surface area contributed by atoms with E-state index in [2.05, 4.69) is 15.4 Å². The van der Waals surface area contributed by atoms with Crippen molar-refractivity contribution in [2.75, 3.05) is 7.05 Å². The van der Waals surface area contributed by atoms with Crippen LogP contribution in [0.4, 0.5) is 4.79 Å². The number of carbonyl (C=O) groups excluding carboxylic acids is 5. The molecule has 0 aliphatic carbocycles. The maximum atomic E-state index is 12.2. The highest BCUT2D eigenvalue weighted by molar-refractivity contribution is 5.95. The molecule has 0 bridgehead atoms. The summed E-state index contributed by atoms with van der Waals surface area (Å²) < 4.78 is 20.0. The number of hydrogen-bond donors (Lipinski definition) is 3. The quantitative estimate of drug-likeness (QED) is 0.0449. The minimum absolute atomic E-state index is 0.0485. The van der Waals surface area contributed by atoms with Gasteiger partial charge in [-0.15, -0.1) is 0 Å². The monoisotopic (exact) mass is 754 g/mol. The van der Waals surface area contributed by atoms with E-state index in [4.69, 9.17) is 19.3 Å². The normalized spacial score (nSPS) is 13.4. The van der Waals surface area contributed by atoms with E-state index in [-0.39, 0.29) is 50.6 Å². The molecule has 0 aromatic heterocycles. The lowest BCUT2D eigenvalue weighted by molar-refractivity contribution is -0.148. The van der Waals surface area contributed by atoms with Gasteiger partial charge >= 0.3 is 30.0 Å². The largest absolute Gasteiger partial charge is 0.461 e. The number of alkyl carbamates (subject to hydrolysis) is 1. The van der Waals surface area contributed by atoms with E-state index >= 15 is 0 Å². The Morgan fingerprint density at radius 2 is 1.11 bits per heavy atom. The van der Waals surface area contributed by atoms with E-state index < -0.39 is 24.1 Å². The third kappa shape index (κ3) is 18.7. The molecule has 1 aliphatic heterocycles. The summed E-state index contributed by atoms with van der Waals surface area (Å²) in [6.45, 7) is 0.932. The van der Waals surface area contributed by atoms with Crippen molar-refractivity contribution < 1.29 is 48.0 Å². The lowest BCUT2D eigenvalue weighted by Crippen LogP contribution is -2.35. The molecule has 0 spiro atoms. The van der Waals surface area contributed by atoms with Crippen LogP contribution >= 0.6 is 0 Å². The Labute approximate surface area is 322 Å². The Balaban J connectivity index is 0.000000256. The van der Waals surface area contributed by atoms with Crippen molar-refractivity contribution in [2.24, 2.45) is 0 Å². The van der Waals surface area contributed by atoms with Gasteiger partial charge in [-0.2, -0.15) is 0 Å². The van der Waals surface area contributed by atoms with Gasteiger partial charge in [-0.25, -0.2) is 9.59 Å². The topological polar surface area (TPSA) is 167 Å². The molecule has 0 saturated carbocycles. The Hall–Kier alpha value is -5.85. The van der Waals surface area contributed by atoms with Crippen LogP contribution < -0.4 is 10.6 Å². The summed E-state index contributed by atoms with van der Waals surface area (Å²) >= 11 is 0. The number of benzene rings is 4. The molecule has 1 heterocycles. The van der Waals surface area contributed by atoms with Crippen LogP contribution in [0.1, 0.15) is 67.2 Å². The lowest BCUT2D eigenvalue weighted by atomic mass is 10.1. The predicted molar refractivity (Wildman–Crippen MR) is 205 cm³/mol. The number of hydrogen-bond acceptors (Lipinski definition) is 11.